The maximum Gasteiger partial charge on any atom is 0.332 e. The van der Waals surface area contributed by atoms with Crippen molar-refractivity contribution in [1.29, 1.82) is 0 Å². The topological polar surface area (TPSA) is 82.3 Å². The van der Waals surface area contributed by atoms with Crippen LogP contribution in [0.2, 0.25) is 0 Å². The van der Waals surface area contributed by atoms with Gasteiger partial charge in [-0.3, -0.25) is 18.7 Å². The summed E-state index contributed by atoms with van der Waals surface area (Å²) in [5, 5.41) is 4.74. The zero-order valence-electron chi connectivity index (χ0n) is 19.2. The average molecular weight is 478 g/mol. The van der Waals surface area contributed by atoms with E-state index < -0.39 is 5.69 Å². The third kappa shape index (κ3) is 5.28. The Morgan fingerprint density at radius 1 is 1.03 bits per heavy atom. The molecule has 34 heavy (non-hydrogen) atoms. The Bertz CT molecular complexity index is 1410. The Hall–Kier alpha value is -3.65. The van der Waals surface area contributed by atoms with Crippen molar-refractivity contribution in [2.75, 3.05) is 7.11 Å². The van der Waals surface area contributed by atoms with E-state index in [0.717, 1.165) is 18.4 Å². The summed E-state index contributed by atoms with van der Waals surface area (Å²) in [6.45, 7) is 1.89. The normalized spacial score (nSPS) is 11.9. The number of thiophene rings is 1. The first kappa shape index (κ1) is 23.5. The zero-order chi connectivity index (χ0) is 24.1. The van der Waals surface area contributed by atoms with Gasteiger partial charge in [0.15, 0.2) is 0 Å². The minimum atomic E-state index is -0.509. The maximum atomic E-state index is 13.3. The van der Waals surface area contributed by atoms with E-state index in [1.54, 1.807) is 30.7 Å². The largest absolute Gasteiger partial charge is 0.497 e. The molecule has 176 valence electrons. The quantitative estimate of drug-likeness (QED) is 0.401. The van der Waals surface area contributed by atoms with Gasteiger partial charge in [0.1, 0.15) is 17.0 Å². The van der Waals surface area contributed by atoms with Gasteiger partial charge in [0, 0.05) is 6.04 Å². The van der Waals surface area contributed by atoms with Crippen molar-refractivity contribution in [2.45, 2.75) is 38.9 Å². The molecular weight excluding hydrogens is 450 g/mol. The zero-order valence-corrected chi connectivity index (χ0v) is 20.0. The number of fused-ring (bicyclic) bond motifs is 1. The van der Waals surface area contributed by atoms with Crippen LogP contribution in [0.25, 0.3) is 10.2 Å². The first-order valence-corrected chi connectivity index (χ1v) is 12.0. The van der Waals surface area contributed by atoms with E-state index in [1.165, 1.54) is 26.0 Å². The Kier molecular flexibility index (Phi) is 7.27. The van der Waals surface area contributed by atoms with Crippen molar-refractivity contribution in [3.05, 3.63) is 98.0 Å². The van der Waals surface area contributed by atoms with Gasteiger partial charge in [-0.25, -0.2) is 4.79 Å². The number of aryl methyl sites for hydroxylation is 1. The van der Waals surface area contributed by atoms with E-state index in [4.69, 9.17) is 4.74 Å². The molecule has 0 aliphatic heterocycles. The number of nitrogens with zero attached hydrogens (tertiary/aromatic N) is 2. The summed E-state index contributed by atoms with van der Waals surface area (Å²) in [7, 11) is 1.56. The fourth-order valence-electron chi connectivity index (χ4n) is 3.94. The van der Waals surface area contributed by atoms with Crippen LogP contribution in [0, 0.1) is 0 Å². The molecule has 0 radical (unpaired) electrons. The summed E-state index contributed by atoms with van der Waals surface area (Å²) in [4.78, 5) is 39.2. The third-order valence-electron chi connectivity index (χ3n) is 5.73. The number of methoxy groups -OCH3 is 1. The highest BCUT2D eigenvalue weighted by molar-refractivity contribution is 7.17. The second-order valence-corrected chi connectivity index (χ2v) is 9.16. The molecule has 8 heteroatoms. The van der Waals surface area contributed by atoms with Gasteiger partial charge in [0.25, 0.3) is 5.56 Å². The number of carbonyl (C=O) groups is 1. The first-order valence-electron chi connectivity index (χ1n) is 11.1. The number of aromatic nitrogens is 2. The van der Waals surface area contributed by atoms with Crippen molar-refractivity contribution >= 4 is 27.5 Å². The number of amides is 1. The fourth-order valence-corrected chi connectivity index (χ4v) is 4.79. The molecule has 2 aromatic heterocycles. The molecule has 0 spiro atoms. The molecule has 0 saturated carbocycles. The lowest BCUT2D eigenvalue weighted by Gasteiger charge is -2.16. The van der Waals surface area contributed by atoms with Crippen molar-refractivity contribution in [1.82, 2.24) is 14.5 Å². The molecule has 0 bridgehead atoms. The number of hydrogen-bond acceptors (Lipinski definition) is 5. The fraction of sp³-hybridized carbons (Fsp3) is 0.269. The van der Waals surface area contributed by atoms with Crippen LogP contribution in [0.3, 0.4) is 0 Å². The van der Waals surface area contributed by atoms with E-state index in [0.29, 0.717) is 16.0 Å². The van der Waals surface area contributed by atoms with Crippen LogP contribution in [0.1, 0.15) is 24.5 Å². The highest BCUT2D eigenvalue weighted by Gasteiger charge is 2.17. The van der Waals surface area contributed by atoms with E-state index >= 15 is 0 Å². The number of carbonyl (C=O) groups excluding carboxylic acids is 1. The first-order chi connectivity index (χ1) is 16.5. The van der Waals surface area contributed by atoms with Crippen molar-refractivity contribution in [3.63, 3.8) is 0 Å². The van der Waals surface area contributed by atoms with Crippen LogP contribution in [-0.4, -0.2) is 28.2 Å². The molecular formula is C26H27N3O4S. The predicted octanol–water partition coefficient (Wildman–Crippen LogP) is 3.42. The molecule has 1 amide bonds. The Morgan fingerprint density at radius 3 is 2.56 bits per heavy atom. The number of rotatable bonds is 9. The van der Waals surface area contributed by atoms with Gasteiger partial charge < -0.3 is 10.1 Å². The summed E-state index contributed by atoms with van der Waals surface area (Å²) in [5.41, 5.74) is 1.59. The summed E-state index contributed by atoms with van der Waals surface area (Å²) in [6.07, 6.45) is 1.64. The SMILES string of the molecule is COc1cccc(Cn2c(=O)c3sccc3n(CC(=O)NC(C)CCc3ccccc3)c2=O)c1. The third-order valence-corrected chi connectivity index (χ3v) is 6.62. The van der Waals surface area contributed by atoms with E-state index in [2.05, 4.69) is 17.4 Å². The van der Waals surface area contributed by atoms with Crippen LogP contribution in [0.15, 0.2) is 75.6 Å². The molecule has 1 unspecified atom stereocenters. The average Bonchev–Trinajstić information content (AvgIpc) is 3.34. The van der Waals surface area contributed by atoms with Gasteiger partial charge in [-0.05, 0) is 54.5 Å². The van der Waals surface area contributed by atoms with Crippen molar-refractivity contribution in [2.24, 2.45) is 0 Å². The molecule has 4 aromatic rings. The smallest absolute Gasteiger partial charge is 0.332 e. The summed E-state index contributed by atoms with van der Waals surface area (Å²) >= 11 is 1.27. The molecule has 1 atom stereocenters. The lowest BCUT2D eigenvalue weighted by molar-refractivity contribution is -0.122. The summed E-state index contributed by atoms with van der Waals surface area (Å²) in [6, 6.07) is 19.0. The van der Waals surface area contributed by atoms with E-state index in [1.807, 2.05) is 37.3 Å². The summed E-state index contributed by atoms with van der Waals surface area (Å²) < 4.78 is 8.26. The highest BCUT2D eigenvalue weighted by atomic mass is 32.1. The second kappa shape index (κ2) is 10.5. The lowest BCUT2D eigenvalue weighted by atomic mass is 10.1. The van der Waals surface area contributed by atoms with Gasteiger partial charge in [-0.15, -0.1) is 11.3 Å². The lowest BCUT2D eigenvalue weighted by Crippen LogP contribution is -2.43. The highest BCUT2D eigenvalue weighted by Crippen LogP contribution is 2.17. The standard InChI is InChI=1S/C26H27N3O4S/c1-18(11-12-19-7-4-3-5-8-19)27-23(30)17-28-22-13-14-34-24(22)25(31)29(26(28)32)16-20-9-6-10-21(15-20)33-2/h3-10,13-15,18H,11-12,16-17H2,1-2H3,(H,27,30). The maximum absolute atomic E-state index is 13.3. The van der Waals surface area contributed by atoms with Crippen LogP contribution in [0.4, 0.5) is 0 Å². The molecule has 0 saturated heterocycles. The van der Waals surface area contributed by atoms with E-state index in [9.17, 15) is 14.4 Å². The van der Waals surface area contributed by atoms with Gasteiger partial charge in [-0.2, -0.15) is 0 Å². The van der Waals surface area contributed by atoms with Crippen LogP contribution >= 0.6 is 11.3 Å². The minimum absolute atomic E-state index is 0.0518. The molecule has 2 aromatic carbocycles. The molecule has 0 fully saturated rings. The van der Waals surface area contributed by atoms with Crippen molar-refractivity contribution in [3.8, 4) is 5.75 Å². The molecule has 0 aliphatic carbocycles. The van der Waals surface area contributed by atoms with Gasteiger partial charge >= 0.3 is 5.69 Å². The second-order valence-electron chi connectivity index (χ2n) is 8.24. The number of ether oxygens (including phenoxy) is 1. The molecule has 4 rings (SSSR count). The van der Waals surface area contributed by atoms with Gasteiger partial charge in [-0.1, -0.05) is 42.5 Å². The molecule has 2 heterocycles. The number of hydrogen-bond donors (Lipinski definition) is 1. The summed E-state index contributed by atoms with van der Waals surface area (Å²) in [5.74, 6) is 0.383. The van der Waals surface area contributed by atoms with Crippen LogP contribution < -0.4 is 21.3 Å². The van der Waals surface area contributed by atoms with Crippen LogP contribution in [-0.2, 0) is 24.3 Å². The Morgan fingerprint density at radius 2 is 1.79 bits per heavy atom. The Labute approximate surface area is 201 Å². The molecule has 7 nitrogen and oxygen atoms in total. The molecule has 1 N–H and O–H groups in total. The molecule has 0 aliphatic rings. The van der Waals surface area contributed by atoms with Crippen molar-refractivity contribution < 1.29 is 9.53 Å². The minimum Gasteiger partial charge on any atom is -0.497 e. The number of nitrogens with one attached hydrogen (secondary N) is 1. The van der Waals surface area contributed by atoms with E-state index in [-0.39, 0.29) is 30.6 Å². The monoisotopic (exact) mass is 477 g/mol. The predicted molar refractivity (Wildman–Crippen MR) is 135 cm³/mol. The number of benzene rings is 2. The Balaban J connectivity index is 1.54. The van der Waals surface area contributed by atoms with Crippen LogP contribution in [0.5, 0.6) is 5.75 Å². The van der Waals surface area contributed by atoms with Gasteiger partial charge in [0.05, 0.1) is 19.2 Å². The van der Waals surface area contributed by atoms with Gasteiger partial charge in [0.2, 0.25) is 5.91 Å².